The molecule has 1 heterocycles. The zero-order chi connectivity index (χ0) is 16.8. The minimum absolute atomic E-state index is 0.0192. The topological polar surface area (TPSA) is 75.2 Å². The Morgan fingerprint density at radius 3 is 2.30 bits per heavy atom. The van der Waals surface area contributed by atoms with E-state index in [2.05, 4.69) is 15.3 Å². The van der Waals surface area contributed by atoms with E-state index in [9.17, 15) is 9.59 Å². The highest BCUT2D eigenvalue weighted by atomic mass is 16.2. The minimum atomic E-state index is -0.118. The highest BCUT2D eigenvalue weighted by molar-refractivity contribution is 5.94. The molecule has 0 atom stereocenters. The number of Topliss-reactive ketones (excluding diaryl/α,β-unsaturated/α-hetero) is 1. The largest absolute Gasteiger partial charge is 0.340 e. The van der Waals surface area contributed by atoms with Gasteiger partial charge < -0.3 is 10.2 Å². The molecule has 1 N–H and O–H groups in total. The molecule has 1 aromatic heterocycles. The van der Waals surface area contributed by atoms with Crippen molar-refractivity contribution >= 4 is 23.2 Å². The average Bonchev–Trinajstić information content (AvgIpc) is 2.56. The van der Waals surface area contributed by atoms with Crippen molar-refractivity contribution in [3.63, 3.8) is 0 Å². The molecule has 0 saturated heterocycles. The molecular weight excluding hydrogens is 292 g/mol. The number of hydrogen-bond acceptors (Lipinski definition) is 5. The Balaban J connectivity index is 2.16. The van der Waals surface area contributed by atoms with E-state index in [4.69, 9.17) is 0 Å². The predicted molar refractivity (Wildman–Crippen MR) is 89.0 cm³/mol. The van der Waals surface area contributed by atoms with E-state index in [1.807, 2.05) is 13.8 Å². The zero-order valence-corrected chi connectivity index (χ0v) is 13.5. The first-order valence-corrected chi connectivity index (χ1v) is 7.54. The lowest BCUT2D eigenvalue weighted by atomic mass is 10.1. The molecule has 0 bridgehead atoms. The van der Waals surface area contributed by atoms with Gasteiger partial charge >= 0.3 is 0 Å². The van der Waals surface area contributed by atoms with Crippen LogP contribution in [-0.2, 0) is 0 Å². The Bertz CT molecular complexity index is 694. The number of carbonyl (C=O) groups is 2. The van der Waals surface area contributed by atoms with Gasteiger partial charge in [-0.3, -0.25) is 9.59 Å². The molecule has 1 amide bonds. The van der Waals surface area contributed by atoms with Crippen LogP contribution in [0.2, 0.25) is 0 Å². The Kier molecular flexibility index (Phi) is 5.41. The molecule has 0 unspecified atom stereocenters. The maximum absolute atomic E-state index is 12.3. The second-order valence-corrected chi connectivity index (χ2v) is 5.02. The number of rotatable bonds is 6. The van der Waals surface area contributed by atoms with Gasteiger partial charge in [-0.15, -0.1) is 0 Å². The van der Waals surface area contributed by atoms with Crippen molar-refractivity contribution < 1.29 is 9.59 Å². The van der Waals surface area contributed by atoms with E-state index in [0.29, 0.717) is 30.2 Å². The van der Waals surface area contributed by atoms with Gasteiger partial charge in [-0.05, 0) is 45.0 Å². The summed E-state index contributed by atoms with van der Waals surface area (Å²) in [4.78, 5) is 33.4. The first-order chi connectivity index (χ1) is 11.0. The molecule has 6 nitrogen and oxygen atoms in total. The van der Waals surface area contributed by atoms with Crippen molar-refractivity contribution in [2.75, 3.05) is 18.4 Å². The van der Waals surface area contributed by atoms with Gasteiger partial charge in [0.1, 0.15) is 17.8 Å². The normalized spacial score (nSPS) is 10.2. The Morgan fingerprint density at radius 2 is 1.74 bits per heavy atom. The summed E-state index contributed by atoms with van der Waals surface area (Å²) < 4.78 is 0. The van der Waals surface area contributed by atoms with Crippen molar-refractivity contribution in [2.24, 2.45) is 0 Å². The van der Waals surface area contributed by atoms with Crippen LogP contribution in [0.25, 0.3) is 0 Å². The molecule has 6 heteroatoms. The lowest BCUT2D eigenvalue weighted by Crippen LogP contribution is -2.31. The van der Waals surface area contributed by atoms with Gasteiger partial charge in [-0.1, -0.05) is 0 Å². The average molecular weight is 312 g/mol. The SMILES string of the molecule is CCN(CC)C(=O)c1cc(Nc2ccc(C(C)=O)cc2)ncn1. The van der Waals surface area contributed by atoms with E-state index in [1.165, 1.54) is 13.3 Å². The summed E-state index contributed by atoms with van der Waals surface area (Å²) in [6.45, 7) is 6.65. The third-order valence-electron chi connectivity index (χ3n) is 3.50. The summed E-state index contributed by atoms with van der Waals surface area (Å²) in [5.41, 5.74) is 1.79. The number of ketones is 1. The van der Waals surface area contributed by atoms with E-state index in [-0.39, 0.29) is 11.7 Å². The number of benzene rings is 1. The maximum Gasteiger partial charge on any atom is 0.272 e. The van der Waals surface area contributed by atoms with Gasteiger partial charge in [-0.2, -0.15) is 0 Å². The number of hydrogen-bond donors (Lipinski definition) is 1. The number of anilines is 2. The van der Waals surface area contributed by atoms with Crippen molar-refractivity contribution in [2.45, 2.75) is 20.8 Å². The number of nitrogens with one attached hydrogen (secondary N) is 1. The van der Waals surface area contributed by atoms with Crippen LogP contribution in [-0.4, -0.2) is 39.6 Å². The van der Waals surface area contributed by atoms with Gasteiger partial charge in [0.05, 0.1) is 0 Å². The third-order valence-corrected chi connectivity index (χ3v) is 3.50. The van der Waals surface area contributed by atoms with Gasteiger partial charge in [0.2, 0.25) is 0 Å². The van der Waals surface area contributed by atoms with Crippen LogP contribution >= 0.6 is 0 Å². The molecule has 0 aliphatic carbocycles. The van der Waals surface area contributed by atoms with Crippen LogP contribution in [0.5, 0.6) is 0 Å². The van der Waals surface area contributed by atoms with Crippen molar-refractivity contribution in [1.29, 1.82) is 0 Å². The molecule has 2 rings (SSSR count). The summed E-state index contributed by atoms with van der Waals surface area (Å²) in [5.74, 6) is 0.434. The van der Waals surface area contributed by atoms with Crippen LogP contribution in [0.1, 0.15) is 41.6 Å². The van der Waals surface area contributed by atoms with Crippen molar-refractivity contribution in [3.05, 3.63) is 47.9 Å². The first-order valence-electron chi connectivity index (χ1n) is 7.54. The second-order valence-electron chi connectivity index (χ2n) is 5.02. The third kappa shape index (κ3) is 4.12. The Hall–Kier alpha value is -2.76. The highest BCUT2D eigenvalue weighted by Gasteiger charge is 2.14. The maximum atomic E-state index is 12.3. The van der Waals surface area contributed by atoms with E-state index in [0.717, 1.165) is 5.69 Å². The summed E-state index contributed by atoms with van der Waals surface area (Å²) in [5, 5.41) is 3.11. The fourth-order valence-electron chi connectivity index (χ4n) is 2.15. The highest BCUT2D eigenvalue weighted by Crippen LogP contribution is 2.16. The summed E-state index contributed by atoms with van der Waals surface area (Å²) in [6.07, 6.45) is 1.36. The molecule has 2 aromatic rings. The first kappa shape index (κ1) is 16.6. The lowest BCUT2D eigenvalue weighted by molar-refractivity contribution is 0.0766. The Labute approximate surface area is 135 Å². The standard InChI is InChI=1S/C17H20N4O2/c1-4-21(5-2)17(23)15-10-16(19-11-18-15)20-14-8-6-13(7-9-14)12(3)22/h6-11H,4-5H2,1-3H3,(H,18,19,20). The molecular formula is C17H20N4O2. The molecule has 0 radical (unpaired) electrons. The van der Waals surface area contributed by atoms with Crippen LogP contribution in [0.15, 0.2) is 36.7 Å². The van der Waals surface area contributed by atoms with Crippen LogP contribution in [0, 0.1) is 0 Å². The van der Waals surface area contributed by atoms with Crippen LogP contribution in [0.4, 0.5) is 11.5 Å². The fourth-order valence-corrected chi connectivity index (χ4v) is 2.15. The van der Waals surface area contributed by atoms with E-state index < -0.39 is 0 Å². The summed E-state index contributed by atoms with van der Waals surface area (Å²) in [6, 6.07) is 8.70. The molecule has 23 heavy (non-hydrogen) atoms. The van der Waals surface area contributed by atoms with Gasteiger partial charge in [0, 0.05) is 30.4 Å². The smallest absolute Gasteiger partial charge is 0.272 e. The monoisotopic (exact) mass is 312 g/mol. The van der Waals surface area contributed by atoms with Gasteiger partial charge in [0.15, 0.2) is 5.78 Å². The number of carbonyl (C=O) groups excluding carboxylic acids is 2. The molecule has 0 aliphatic rings. The van der Waals surface area contributed by atoms with E-state index >= 15 is 0 Å². The van der Waals surface area contributed by atoms with Crippen LogP contribution < -0.4 is 5.32 Å². The molecule has 1 aromatic carbocycles. The predicted octanol–water partition coefficient (Wildman–Crippen LogP) is 2.90. The minimum Gasteiger partial charge on any atom is -0.340 e. The zero-order valence-electron chi connectivity index (χ0n) is 13.5. The number of nitrogens with zero attached hydrogens (tertiary/aromatic N) is 3. The van der Waals surface area contributed by atoms with Crippen molar-refractivity contribution in [1.82, 2.24) is 14.9 Å². The lowest BCUT2D eigenvalue weighted by Gasteiger charge is -2.18. The van der Waals surface area contributed by atoms with Gasteiger partial charge in [0.25, 0.3) is 5.91 Å². The molecule has 120 valence electrons. The van der Waals surface area contributed by atoms with Crippen molar-refractivity contribution in [3.8, 4) is 0 Å². The molecule has 0 fully saturated rings. The number of amides is 1. The van der Waals surface area contributed by atoms with E-state index in [1.54, 1.807) is 35.2 Å². The summed E-state index contributed by atoms with van der Waals surface area (Å²) >= 11 is 0. The second kappa shape index (κ2) is 7.49. The van der Waals surface area contributed by atoms with Gasteiger partial charge in [-0.25, -0.2) is 9.97 Å². The van der Waals surface area contributed by atoms with Crippen LogP contribution in [0.3, 0.4) is 0 Å². The molecule has 0 aliphatic heterocycles. The summed E-state index contributed by atoms with van der Waals surface area (Å²) in [7, 11) is 0. The quantitative estimate of drug-likeness (QED) is 0.830. The fraction of sp³-hybridized carbons (Fsp3) is 0.294. The number of aromatic nitrogens is 2. The Morgan fingerprint density at radius 1 is 1.09 bits per heavy atom. The molecule has 0 saturated carbocycles. The molecule has 0 spiro atoms.